The van der Waals surface area contributed by atoms with Crippen molar-refractivity contribution < 1.29 is 13.9 Å². The number of carbonyl (C=O) groups excluding carboxylic acids is 1. The molecule has 2 aromatic carbocycles. The molecule has 0 fully saturated rings. The van der Waals surface area contributed by atoms with E-state index in [0.717, 1.165) is 11.3 Å². The van der Waals surface area contributed by atoms with Crippen LogP contribution < -0.4 is 15.5 Å². The Kier molecular flexibility index (Phi) is 5.31. The number of aromatic nitrogens is 1. The van der Waals surface area contributed by atoms with Crippen molar-refractivity contribution in [3.05, 3.63) is 76.3 Å². The minimum absolute atomic E-state index is 0.0605. The summed E-state index contributed by atoms with van der Waals surface area (Å²) in [5, 5.41) is 3.12. The van der Waals surface area contributed by atoms with E-state index in [2.05, 4.69) is 5.32 Å². The van der Waals surface area contributed by atoms with Crippen LogP contribution >= 0.6 is 0 Å². The van der Waals surface area contributed by atoms with E-state index in [4.69, 9.17) is 4.74 Å². The number of nitrogens with one attached hydrogen (secondary N) is 1. The quantitative estimate of drug-likeness (QED) is 0.740. The third kappa shape index (κ3) is 4.08. The maximum absolute atomic E-state index is 13.4. The van der Waals surface area contributed by atoms with Crippen LogP contribution in [0.25, 0.3) is 10.9 Å². The fourth-order valence-electron chi connectivity index (χ4n) is 2.77. The van der Waals surface area contributed by atoms with Gasteiger partial charge < -0.3 is 14.6 Å². The second kappa shape index (κ2) is 7.82. The Morgan fingerprint density at radius 3 is 2.65 bits per heavy atom. The molecule has 0 bridgehead atoms. The molecule has 0 spiro atoms. The molecular weight excluding hydrogens is 335 g/mol. The highest BCUT2D eigenvalue weighted by Crippen LogP contribution is 2.12. The predicted octanol–water partition coefficient (Wildman–Crippen LogP) is 2.51. The van der Waals surface area contributed by atoms with Crippen LogP contribution in [0.1, 0.15) is 5.56 Å². The first kappa shape index (κ1) is 17.7. The first-order valence-electron chi connectivity index (χ1n) is 8.25. The fourth-order valence-corrected chi connectivity index (χ4v) is 2.77. The molecule has 5 nitrogen and oxygen atoms in total. The van der Waals surface area contributed by atoms with Crippen molar-refractivity contribution in [3.63, 3.8) is 0 Å². The van der Waals surface area contributed by atoms with E-state index in [9.17, 15) is 14.0 Å². The van der Waals surface area contributed by atoms with Crippen LogP contribution in [0.4, 0.5) is 4.39 Å². The molecule has 0 saturated carbocycles. The molecule has 0 radical (unpaired) electrons. The number of rotatable bonds is 6. The molecule has 6 heteroatoms. The molecule has 0 saturated heterocycles. The summed E-state index contributed by atoms with van der Waals surface area (Å²) in [4.78, 5) is 24.0. The highest BCUT2D eigenvalue weighted by Gasteiger charge is 2.08. The maximum Gasteiger partial charge on any atom is 0.239 e. The molecule has 1 amide bonds. The maximum atomic E-state index is 13.4. The average molecular weight is 354 g/mol. The molecule has 1 N–H and O–H groups in total. The molecule has 0 aliphatic heterocycles. The largest absolute Gasteiger partial charge is 0.497 e. The standard InChI is InChI=1S/C20H19FN2O3/c1-26-16-5-2-14(3-6-16)8-10-22-20(25)13-23-11-9-19(24)17-12-15(21)4-7-18(17)23/h2-7,9,11-12H,8,10,13H2,1H3,(H,22,25). The molecule has 1 heterocycles. The van der Waals surface area contributed by atoms with Gasteiger partial charge in [-0.05, 0) is 42.3 Å². The highest BCUT2D eigenvalue weighted by molar-refractivity contribution is 5.82. The summed E-state index contributed by atoms with van der Waals surface area (Å²) in [7, 11) is 1.62. The molecule has 3 rings (SSSR count). The van der Waals surface area contributed by atoms with Gasteiger partial charge in [0.2, 0.25) is 5.91 Å². The molecule has 3 aromatic rings. The van der Waals surface area contributed by atoms with Crippen molar-refractivity contribution in [1.29, 1.82) is 0 Å². The van der Waals surface area contributed by atoms with E-state index in [1.54, 1.807) is 17.9 Å². The molecule has 1 aromatic heterocycles. The zero-order valence-corrected chi connectivity index (χ0v) is 14.4. The van der Waals surface area contributed by atoms with Crippen molar-refractivity contribution >= 4 is 16.8 Å². The Morgan fingerprint density at radius 1 is 1.15 bits per heavy atom. The summed E-state index contributed by atoms with van der Waals surface area (Å²) in [6.45, 7) is 0.558. The Morgan fingerprint density at radius 2 is 1.92 bits per heavy atom. The first-order valence-corrected chi connectivity index (χ1v) is 8.25. The lowest BCUT2D eigenvalue weighted by Crippen LogP contribution is -2.29. The smallest absolute Gasteiger partial charge is 0.239 e. The summed E-state index contributed by atoms with van der Waals surface area (Å²) < 4.78 is 20.1. The van der Waals surface area contributed by atoms with Crippen molar-refractivity contribution in [3.8, 4) is 5.75 Å². The third-order valence-corrected chi connectivity index (χ3v) is 4.15. The Balaban J connectivity index is 1.62. The monoisotopic (exact) mass is 354 g/mol. The molecular formula is C20H19FN2O3. The molecule has 134 valence electrons. The van der Waals surface area contributed by atoms with E-state index >= 15 is 0 Å². The SMILES string of the molecule is COc1ccc(CCNC(=O)Cn2ccc(=O)c3cc(F)ccc32)cc1. The van der Waals surface area contributed by atoms with Gasteiger partial charge in [-0.2, -0.15) is 0 Å². The van der Waals surface area contributed by atoms with Gasteiger partial charge in [0.15, 0.2) is 5.43 Å². The van der Waals surface area contributed by atoms with Gasteiger partial charge in [-0.3, -0.25) is 9.59 Å². The third-order valence-electron chi connectivity index (χ3n) is 4.15. The van der Waals surface area contributed by atoms with Gasteiger partial charge in [0.25, 0.3) is 0 Å². The van der Waals surface area contributed by atoms with Crippen LogP contribution in [0, 0.1) is 5.82 Å². The predicted molar refractivity (Wildman–Crippen MR) is 97.9 cm³/mol. The van der Waals surface area contributed by atoms with E-state index in [1.165, 1.54) is 24.3 Å². The number of carbonyl (C=O) groups is 1. The minimum atomic E-state index is -0.476. The Labute approximate surface area is 150 Å². The first-order chi connectivity index (χ1) is 12.6. The molecule has 0 aliphatic carbocycles. The van der Waals surface area contributed by atoms with E-state index in [1.807, 2.05) is 24.3 Å². The summed E-state index contributed by atoms with van der Waals surface area (Å²) in [5.74, 6) is 0.142. The second-order valence-electron chi connectivity index (χ2n) is 5.92. The van der Waals surface area contributed by atoms with Crippen molar-refractivity contribution in [2.75, 3.05) is 13.7 Å². The average Bonchev–Trinajstić information content (AvgIpc) is 2.65. The molecule has 0 atom stereocenters. The summed E-state index contributed by atoms with van der Waals surface area (Å²) >= 11 is 0. The number of ether oxygens (including phenoxy) is 1. The normalized spacial score (nSPS) is 10.7. The topological polar surface area (TPSA) is 60.3 Å². The van der Waals surface area contributed by atoms with E-state index in [-0.39, 0.29) is 23.3 Å². The zero-order chi connectivity index (χ0) is 18.5. The minimum Gasteiger partial charge on any atom is -0.497 e. The van der Waals surface area contributed by atoms with Crippen molar-refractivity contribution in [1.82, 2.24) is 9.88 Å². The van der Waals surface area contributed by atoms with E-state index < -0.39 is 5.82 Å². The van der Waals surface area contributed by atoms with Crippen LogP contribution in [-0.2, 0) is 17.8 Å². The van der Waals surface area contributed by atoms with Gasteiger partial charge in [-0.25, -0.2) is 4.39 Å². The Hall–Kier alpha value is -3.15. The van der Waals surface area contributed by atoms with E-state index in [0.29, 0.717) is 18.5 Å². The summed E-state index contributed by atoms with van der Waals surface area (Å²) in [5.41, 5.74) is 1.36. The van der Waals surface area contributed by atoms with Crippen molar-refractivity contribution in [2.45, 2.75) is 13.0 Å². The number of amides is 1. The van der Waals surface area contributed by atoms with Crippen LogP contribution in [0.2, 0.25) is 0 Å². The number of pyridine rings is 1. The van der Waals surface area contributed by atoms with Gasteiger partial charge in [0, 0.05) is 24.2 Å². The zero-order valence-electron chi connectivity index (χ0n) is 14.4. The number of benzene rings is 2. The van der Waals surface area contributed by atoms with Crippen LogP contribution in [0.3, 0.4) is 0 Å². The highest BCUT2D eigenvalue weighted by atomic mass is 19.1. The second-order valence-corrected chi connectivity index (χ2v) is 5.92. The summed E-state index contributed by atoms with van der Waals surface area (Å²) in [6, 6.07) is 13.0. The van der Waals surface area contributed by atoms with Crippen molar-refractivity contribution in [2.24, 2.45) is 0 Å². The number of nitrogens with zero attached hydrogens (tertiary/aromatic N) is 1. The molecule has 26 heavy (non-hydrogen) atoms. The lowest BCUT2D eigenvalue weighted by atomic mass is 10.1. The number of halogens is 1. The van der Waals surface area contributed by atoms with Gasteiger partial charge in [-0.15, -0.1) is 0 Å². The number of methoxy groups -OCH3 is 1. The molecule has 0 unspecified atom stereocenters. The van der Waals surface area contributed by atoms with Gasteiger partial charge in [0.1, 0.15) is 18.1 Å². The summed E-state index contributed by atoms with van der Waals surface area (Å²) in [6.07, 6.45) is 2.25. The van der Waals surface area contributed by atoms with Crippen LogP contribution in [0.5, 0.6) is 5.75 Å². The lowest BCUT2D eigenvalue weighted by molar-refractivity contribution is -0.121. The lowest BCUT2D eigenvalue weighted by Gasteiger charge is -2.11. The van der Waals surface area contributed by atoms with Gasteiger partial charge >= 0.3 is 0 Å². The molecule has 0 aliphatic rings. The Bertz CT molecular complexity index is 981. The fraction of sp³-hybridized carbons (Fsp3) is 0.200. The van der Waals surface area contributed by atoms with Gasteiger partial charge in [0.05, 0.1) is 12.6 Å². The number of hydrogen-bond donors (Lipinski definition) is 1. The van der Waals surface area contributed by atoms with Crippen LogP contribution in [-0.4, -0.2) is 24.1 Å². The number of fused-ring (bicyclic) bond motifs is 1. The van der Waals surface area contributed by atoms with Crippen LogP contribution in [0.15, 0.2) is 59.5 Å². The van der Waals surface area contributed by atoms with Gasteiger partial charge in [-0.1, -0.05) is 12.1 Å². The number of hydrogen-bond acceptors (Lipinski definition) is 3.